The van der Waals surface area contributed by atoms with Crippen LogP contribution in [0.3, 0.4) is 0 Å². The van der Waals surface area contributed by atoms with E-state index in [2.05, 4.69) is 36.5 Å². The summed E-state index contributed by atoms with van der Waals surface area (Å²) in [5.41, 5.74) is 6.88. The highest BCUT2D eigenvalue weighted by Crippen LogP contribution is 2.31. The van der Waals surface area contributed by atoms with E-state index in [0.717, 1.165) is 28.6 Å². The van der Waals surface area contributed by atoms with Crippen molar-refractivity contribution in [1.82, 2.24) is 40.1 Å². The van der Waals surface area contributed by atoms with Crippen molar-refractivity contribution < 1.29 is 9.18 Å². The van der Waals surface area contributed by atoms with Crippen LogP contribution in [0.4, 0.5) is 4.39 Å². The molecule has 1 aliphatic heterocycles. The summed E-state index contributed by atoms with van der Waals surface area (Å²) in [5.74, 6) is -0.534. The first-order valence-corrected chi connectivity index (χ1v) is 12.5. The minimum Gasteiger partial charge on any atom is -0.334 e. The summed E-state index contributed by atoms with van der Waals surface area (Å²) < 4.78 is 16.0. The Morgan fingerprint density at radius 1 is 0.975 bits per heavy atom. The van der Waals surface area contributed by atoms with E-state index in [1.807, 2.05) is 41.4 Å². The molecule has 4 aromatic heterocycles. The molecule has 5 heterocycles. The monoisotopic (exact) mass is 552 g/mol. The van der Waals surface area contributed by atoms with Gasteiger partial charge in [0.2, 0.25) is 5.95 Å². The fraction of sp³-hybridized carbons (Fsp3) is 0.103. The van der Waals surface area contributed by atoms with E-state index < -0.39 is 5.95 Å². The van der Waals surface area contributed by atoms with Crippen LogP contribution in [0.15, 0.2) is 85.5 Å². The van der Waals surface area contributed by atoms with Crippen molar-refractivity contribution in [2.75, 3.05) is 6.54 Å². The smallest absolute Gasteiger partial charge is 0.254 e. The van der Waals surface area contributed by atoms with Crippen LogP contribution >= 0.6 is 12.4 Å². The van der Waals surface area contributed by atoms with Crippen molar-refractivity contribution in [2.24, 2.45) is 0 Å². The fourth-order valence-corrected chi connectivity index (χ4v) is 5.01. The molecule has 40 heavy (non-hydrogen) atoms. The molecule has 0 spiro atoms. The van der Waals surface area contributed by atoms with Crippen molar-refractivity contribution in [3.8, 4) is 28.2 Å². The quantitative estimate of drug-likeness (QED) is 0.308. The molecule has 7 rings (SSSR count). The van der Waals surface area contributed by atoms with Gasteiger partial charge in [0.05, 0.1) is 17.4 Å². The molecule has 0 unspecified atom stereocenters. The Balaban J connectivity index is 0.00000289. The van der Waals surface area contributed by atoms with Crippen molar-refractivity contribution in [3.05, 3.63) is 108 Å². The number of nitrogens with one attached hydrogen (secondary N) is 1. The number of hydrogen-bond donors (Lipinski definition) is 1. The first kappa shape index (κ1) is 25.3. The molecule has 1 aliphatic rings. The zero-order valence-corrected chi connectivity index (χ0v) is 21.8. The van der Waals surface area contributed by atoms with E-state index in [4.69, 9.17) is 0 Å². The molecule has 6 aromatic rings. The Hall–Kier alpha value is -4.96. The van der Waals surface area contributed by atoms with Gasteiger partial charge >= 0.3 is 0 Å². The van der Waals surface area contributed by atoms with Crippen molar-refractivity contribution >= 4 is 29.2 Å². The second-order valence-corrected chi connectivity index (χ2v) is 9.39. The third kappa shape index (κ3) is 4.48. The van der Waals surface area contributed by atoms with Gasteiger partial charge in [-0.15, -0.1) is 17.5 Å². The number of H-pyrrole nitrogens is 1. The van der Waals surface area contributed by atoms with Gasteiger partial charge in [-0.3, -0.25) is 14.9 Å². The Morgan fingerprint density at radius 3 is 2.70 bits per heavy atom. The van der Waals surface area contributed by atoms with Crippen molar-refractivity contribution in [3.63, 3.8) is 0 Å². The average Bonchev–Trinajstić information content (AvgIpc) is 3.64. The molecule has 0 radical (unpaired) electrons. The molecule has 0 bridgehead atoms. The van der Waals surface area contributed by atoms with Gasteiger partial charge in [0.25, 0.3) is 5.91 Å². The number of halogens is 2. The minimum absolute atomic E-state index is 0. The maximum Gasteiger partial charge on any atom is 0.254 e. The topological polar surface area (TPSA) is 105 Å². The Bertz CT molecular complexity index is 1850. The van der Waals surface area contributed by atoms with E-state index >= 15 is 0 Å². The van der Waals surface area contributed by atoms with Crippen LogP contribution in [-0.4, -0.2) is 52.5 Å². The SMILES string of the molecule is Cl.O=C(c1ccncc1)N1CCc2ccc(-n3cc(-c4n[nH]c5ccc(-c6cccnc6F)cc45)nn3)cc2C1. The van der Waals surface area contributed by atoms with Gasteiger partial charge in [-0.2, -0.15) is 9.49 Å². The van der Waals surface area contributed by atoms with E-state index in [1.165, 1.54) is 11.8 Å². The van der Waals surface area contributed by atoms with Crippen LogP contribution in [0, 0.1) is 5.95 Å². The highest BCUT2D eigenvalue weighted by atomic mass is 35.5. The molecule has 2 aromatic carbocycles. The van der Waals surface area contributed by atoms with Crippen LogP contribution in [0.25, 0.3) is 39.1 Å². The van der Waals surface area contributed by atoms with E-state index in [0.29, 0.717) is 41.2 Å². The Labute approximate surface area is 234 Å². The summed E-state index contributed by atoms with van der Waals surface area (Å²) >= 11 is 0. The third-order valence-electron chi connectivity index (χ3n) is 7.05. The summed E-state index contributed by atoms with van der Waals surface area (Å²) in [6.07, 6.45) is 7.29. The van der Waals surface area contributed by atoms with Gasteiger partial charge in [0.15, 0.2) is 0 Å². The molecule has 1 amide bonds. The summed E-state index contributed by atoms with van der Waals surface area (Å²) in [7, 11) is 0. The number of aromatic nitrogens is 7. The van der Waals surface area contributed by atoms with Gasteiger partial charge in [0, 0.05) is 48.2 Å². The second-order valence-electron chi connectivity index (χ2n) is 9.39. The lowest BCUT2D eigenvalue weighted by Crippen LogP contribution is -2.36. The van der Waals surface area contributed by atoms with E-state index in [9.17, 15) is 9.18 Å². The van der Waals surface area contributed by atoms with Crippen LogP contribution < -0.4 is 0 Å². The molecule has 0 saturated carbocycles. The van der Waals surface area contributed by atoms with Crippen LogP contribution in [-0.2, 0) is 13.0 Å². The third-order valence-corrected chi connectivity index (χ3v) is 7.05. The number of rotatable bonds is 4. The summed E-state index contributed by atoms with van der Waals surface area (Å²) in [4.78, 5) is 22.6. The summed E-state index contributed by atoms with van der Waals surface area (Å²) in [6.45, 7) is 1.18. The summed E-state index contributed by atoms with van der Waals surface area (Å²) in [5, 5.41) is 17.0. The van der Waals surface area contributed by atoms with E-state index in [1.54, 1.807) is 41.3 Å². The number of benzene rings is 2. The standard InChI is InChI=1S/C29H21FN8O.ClH/c30-28-23(2-1-10-32-28)20-4-6-25-24(15-20)27(35-33-25)26-17-38(36-34-26)22-5-3-18-9-13-37(16-21(18)14-22)29(39)19-7-11-31-12-8-19;/h1-8,10-12,14-15,17H,9,13,16H2,(H,33,35);1H. The fourth-order valence-electron chi connectivity index (χ4n) is 5.01. The van der Waals surface area contributed by atoms with Crippen LogP contribution in [0.5, 0.6) is 0 Å². The number of hydrogen-bond acceptors (Lipinski definition) is 6. The van der Waals surface area contributed by atoms with Crippen LogP contribution in [0.1, 0.15) is 21.5 Å². The highest BCUT2D eigenvalue weighted by Gasteiger charge is 2.23. The maximum absolute atomic E-state index is 14.3. The number of carbonyl (C=O) groups is 1. The van der Waals surface area contributed by atoms with E-state index in [-0.39, 0.29) is 18.3 Å². The zero-order valence-electron chi connectivity index (χ0n) is 21.0. The average molecular weight is 553 g/mol. The van der Waals surface area contributed by atoms with Gasteiger partial charge in [-0.05, 0) is 71.6 Å². The molecule has 11 heteroatoms. The highest BCUT2D eigenvalue weighted by molar-refractivity contribution is 5.95. The molecule has 9 nitrogen and oxygen atoms in total. The summed E-state index contributed by atoms with van der Waals surface area (Å²) in [6, 6.07) is 18.6. The normalized spacial score (nSPS) is 12.7. The van der Waals surface area contributed by atoms with Gasteiger partial charge in [-0.25, -0.2) is 9.67 Å². The first-order valence-electron chi connectivity index (χ1n) is 12.5. The lowest BCUT2D eigenvalue weighted by atomic mass is 9.98. The number of nitrogens with zero attached hydrogens (tertiary/aromatic N) is 7. The first-order chi connectivity index (χ1) is 19.1. The van der Waals surface area contributed by atoms with Crippen molar-refractivity contribution in [2.45, 2.75) is 13.0 Å². The number of aromatic amines is 1. The zero-order chi connectivity index (χ0) is 26.3. The minimum atomic E-state index is -0.527. The molecule has 0 aliphatic carbocycles. The number of pyridine rings is 2. The molecular formula is C29H22ClFN8O. The second kappa shape index (κ2) is 10.3. The lowest BCUT2D eigenvalue weighted by Gasteiger charge is -2.29. The molecule has 1 N–H and O–H groups in total. The Kier molecular flexibility index (Phi) is 6.53. The molecule has 0 fully saturated rings. The Morgan fingerprint density at radius 2 is 1.85 bits per heavy atom. The number of carbonyl (C=O) groups excluding carboxylic acids is 1. The number of fused-ring (bicyclic) bond motifs is 2. The predicted molar refractivity (Wildman–Crippen MR) is 150 cm³/mol. The van der Waals surface area contributed by atoms with Crippen molar-refractivity contribution in [1.29, 1.82) is 0 Å². The van der Waals surface area contributed by atoms with Crippen LogP contribution in [0.2, 0.25) is 0 Å². The predicted octanol–water partition coefficient (Wildman–Crippen LogP) is 5.03. The van der Waals surface area contributed by atoms with Gasteiger partial charge in [0.1, 0.15) is 11.4 Å². The largest absolute Gasteiger partial charge is 0.334 e. The van der Waals surface area contributed by atoms with Gasteiger partial charge in [-0.1, -0.05) is 17.3 Å². The molecule has 198 valence electrons. The van der Waals surface area contributed by atoms with Gasteiger partial charge < -0.3 is 4.90 Å². The lowest BCUT2D eigenvalue weighted by molar-refractivity contribution is 0.0734. The molecular weight excluding hydrogens is 531 g/mol. The maximum atomic E-state index is 14.3. The molecule has 0 saturated heterocycles. The number of amides is 1. The molecule has 0 atom stereocenters.